The van der Waals surface area contributed by atoms with Crippen LogP contribution < -0.4 is 4.74 Å². The molecule has 2 aromatic carbocycles. The highest BCUT2D eigenvalue weighted by atomic mass is 32.2. The maximum absolute atomic E-state index is 11.2. The largest absolute Gasteiger partial charge is 0.491 e. The molecule has 0 aromatic heterocycles. The van der Waals surface area contributed by atoms with Crippen LogP contribution in [0.2, 0.25) is 0 Å². The molecular formula is C19H22O3S. The first kappa shape index (κ1) is 17.6. The maximum Gasteiger partial charge on any atom is 0.159 e. The number of ether oxygens (including phenoxy) is 1. The second kappa shape index (κ2) is 8.75. The van der Waals surface area contributed by atoms with E-state index in [1.165, 1.54) is 18.1 Å². The minimum atomic E-state index is -0.517. The Balaban J connectivity index is 1.71. The van der Waals surface area contributed by atoms with Gasteiger partial charge in [-0.3, -0.25) is 4.79 Å². The van der Waals surface area contributed by atoms with Crippen molar-refractivity contribution in [3.05, 3.63) is 65.2 Å². The van der Waals surface area contributed by atoms with Crippen molar-refractivity contribution in [3.8, 4) is 5.75 Å². The van der Waals surface area contributed by atoms with Gasteiger partial charge in [0.05, 0.1) is 6.10 Å². The van der Waals surface area contributed by atoms with Crippen molar-refractivity contribution in [2.75, 3.05) is 12.4 Å². The molecule has 0 fully saturated rings. The lowest BCUT2D eigenvalue weighted by molar-refractivity contribution is 0.101. The average Bonchev–Trinajstić information content (AvgIpc) is 2.55. The number of aryl methyl sites for hydroxylation is 1. The lowest BCUT2D eigenvalue weighted by Gasteiger charge is -2.13. The molecule has 0 amide bonds. The third kappa shape index (κ3) is 5.73. The molecule has 0 aliphatic rings. The van der Waals surface area contributed by atoms with E-state index in [-0.39, 0.29) is 12.4 Å². The van der Waals surface area contributed by atoms with Crippen LogP contribution in [0.5, 0.6) is 5.75 Å². The first-order chi connectivity index (χ1) is 11.1. The number of hydrogen-bond acceptors (Lipinski definition) is 4. The SMILES string of the molecule is CC(=O)c1ccc(OCC(O)CSCc2ccccc2C)cc1. The van der Waals surface area contributed by atoms with Crippen molar-refractivity contribution >= 4 is 17.5 Å². The Bertz CT molecular complexity index is 637. The van der Waals surface area contributed by atoms with Crippen LogP contribution in [0, 0.1) is 6.92 Å². The summed E-state index contributed by atoms with van der Waals surface area (Å²) in [6.07, 6.45) is -0.517. The third-order valence-corrected chi connectivity index (χ3v) is 4.67. The number of aliphatic hydroxyl groups excluding tert-OH is 1. The molecule has 0 saturated carbocycles. The van der Waals surface area contributed by atoms with E-state index in [1.807, 2.05) is 12.1 Å². The van der Waals surface area contributed by atoms with Crippen LogP contribution in [0.4, 0.5) is 0 Å². The van der Waals surface area contributed by atoms with Gasteiger partial charge in [0.1, 0.15) is 12.4 Å². The van der Waals surface area contributed by atoms with Crippen molar-refractivity contribution in [2.24, 2.45) is 0 Å². The molecule has 2 rings (SSSR count). The van der Waals surface area contributed by atoms with E-state index in [2.05, 4.69) is 19.1 Å². The van der Waals surface area contributed by atoms with Crippen LogP contribution in [0.1, 0.15) is 28.4 Å². The number of hydrogen-bond donors (Lipinski definition) is 1. The van der Waals surface area contributed by atoms with E-state index in [9.17, 15) is 9.90 Å². The van der Waals surface area contributed by atoms with Crippen molar-refractivity contribution in [2.45, 2.75) is 25.7 Å². The van der Waals surface area contributed by atoms with Gasteiger partial charge in [0.15, 0.2) is 5.78 Å². The molecule has 0 aliphatic carbocycles. The maximum atomic E-state index is 11.2. The van der Waals surface area contributed by atoms with Crippen molar-refractivity contribution in [1.29, 1.82) is 0 Å². The van der Waals surface area contributed by atoms with Gasteiger partial charge in [-0.2, -0.15) is 11.8 Å². The van der Waals surface area contributed by atoms with Crippen LogP contribution in [-0.2, 0) is 5.75 Å². The zero-order valence-corrected chi connectivity index (χ0v) is 14.3. The van der Waals surface area contributed by atoms with Gasteiger partial charge in [0.25, 0.3) is 0 Å². The summed E-state index contributed by atoms with van der Waals surface area (Å²) in [6, 6.07) is 15.3. The number of benzene rings is 2. The average molecular weight is 330 g/mol. The summed E-state index contributed by atoms with van der Waals surface area (Å²) in [5, 5.41) is 10.0. The van der Waals surface area contributed by atoms with Crippen LogP contribution >= 0.6 is 11.8 Å². The summed E-state index contributed by atoms with van der Waals surface area (Å²) in [6.45, 7) is 3.88. The molecule has 0 heterocycles. The molecule has 4 heteroatoms. The van der Waals surface area contributed by atoms with Crippen molar-refractivity contribution in [1.82, 2.24) is 0 Å². The molecule has 23 heavy (non-hydrogen) atoms. The number of aliphatic hydroxyl groups is 1. The Hall–Kier alpha value is -1.78. The van der Waals surface area contributed by atoms with Crippen molar-refractivity contribution in [3.63, 3.8) is 0 Å². The van der Waals surface area contributed by atoms with Gasteiger partial charge in [-0.15, -0.1) is 0 Å². The summed E-state index contributed by atoms with van der Waals surface area (Å²) in [5.41, 5.74) is 3.23. The fourth-order valence-corrected chi connectivity index (χ4v) is 3.13. The Morgan fingerprint density at radius 2 is 1.87 bits per heavy atom. The van der Waals surface area contributed by atoms with E-state index in [0.717, 1.165) is 5.75 Å². The number of rotatable bonds is 8. The quantitative estimate of drug-likeness (QED) is 0.746. The van der Waals surface area contributed by atoms with Gasteiger partial charge in [-0.05, 0) is 49.2 Å². The fraction of sp³-hybridized carbons (Fsp3) is 0.316. The lowest BCUT2D eigenvalue weighted by Crippen LogP contribution is -2.20. The molecule has 2 aromatic rings. The highest BCUT2D eigenvalue weighted by Crippen LogP contribution is 2.17. The number of carbonyl (C=O) groups excluding carboxylic acids is 1. The molecule has 122 valence electrons. The molecular weight excluding hydrogens is 308 g/mol. The van der Waals surface area contributed by atoms with Crippen LogP contribution in [0.3, 0.4) is 0 Å². The third-order valence-electron chi connectivity index (χ3n) is 3.53. The molecule has 1 atom stereocenters. The van der Waals surface area contributed by atoms with E-state index < -0.39 is 6.10 Å². The summed E-state index contributed by atoms with van der Waals surface area (Å²) in [5.74, 6) is 2.21. The topological polar surface area (TPSA) is 46.5 Å². The monoisotopic (exact) mass is 330 g/mol. The Morgan fingerprint density at radius 3 is 2.52 bits per heavy atom. The second-order valence-corrected chi connectivity index (χ2v) is 6.52. The smallest absolute Gasteiger partial charge is 0.159 e. The van der Waals surface area contributed by atoms with Gasteiger partial charge >= 0.3 is 0 Å². The molecule has 1 unspecified atom stereocenters. The standard InChI is InChI=1S/C19H22O3S/c1-14-5-3-4-6-17(14)12-23-13-18(21)11-22-19-9-7-16(8-10-19)15(2)20/h3-10,18,21H,11-13H2,1-2H3. The fourth-order valence-electron chi connectivity index (χ4n) is 2.10. The molecule has 1 N–H and O–H groups in total. The van der Waals surface area contributed by atoms with E-state index >= 15 is 0 Å². The van der Waals surface area contributed by atoms with Gasteiger partial charge in [0, 0.05) is 17.1 Å². The van der Waals surface area contributed by atoms with Crippen LogP contribution in [0.15, 0.2) is 48.5 Å². The number of thioether (sulfide) groups is 1. The summed E-state index contributed by atoms with van der Waals surface area (Å²) in [7, 11) is 0. The number of carbonyl (C=O) groups is 1. The molecule has 0 saturated heterocycles. The Labute approximate surface area is 141 Å². The van der Waals surface area contributed by atoms with Gasteiger partial charge < -0.3 is 9.84 Å². The highest BCUT2D eigenvalue weighted by Gasteiger charge is 2.07. The minimum absolute atomic E-state index is 0.0317. The zero-order valence-electron chi connectivity index (χ0n) is 13.5. The second-order valence-electron chi connectivity index (χ2n) is 5.49. The molecule has 0 bridgehead atoms. The molecule has 3 nitrogen and oxygen atoms in total. The first-order valence-corrected chi connectivity index (χ1v) is 8.76. The Morgan fingerprint density at radius 1 is 1.17 bits per heavy atom. The van der Waals surface area contributed by atoms with Crippen molar-refractivity contribution < 1.29 is 14.6 Å². The first-order valence-electron chi connectivity index (χ1n) is 7.60. The normalized spacial score (nSPS) is 12.0. The zero-order chi connectivity index (χ0) is 16.7. The highest BCUT2D eigenvalue weighted by molar-refractivity contribution is 7.98. The number of Topliss-reactive ketones (excluding diaryl/α,β-unsaturated/α-hetero) is 1. The predicted molar refractivity (Wildman–Crippen MR) is 95.3 cm³/mol. The minimum Gasteiger partial charge on any atom is -0.491 e. The van der Waals surface area contributed by atoms with Crippen LogP contribution in [-0.4, -0.2) is 29.4 Å². The van der Waals surface area contributed by atoms with E-state index in [1.54, 1.807) is 36.0 Å². The summed E-state index contributed by atoms with van der Waals surface area (Å²) < 4.78 is 5.55. The van der Waals surface area contributed by atoms with Gasteiger partial charge in [-0.25, -0.2) is 0 Å². The Kier molecular flexibility index (Phi) is 6.68. The molecule has 0 spiro atoms. The predicted octanol–water partition coefficient (Wildman–Crippen LogP) is 3.87. The van der Waals surface area contributed by atoms with Gasteiger partial charge in [-0.1, -0.05) is 24.3 Å². The summed E-state index contributed by atoms with van der Waals surface area (Å²) >= 11 is 1.70. The van der Waals surface area contributed by atoms with Crippen LogP contribution in [0.25, 0.3) is 0 Å². The molecule has 0 aliphatic heterocycles. The van der Waals surface area contributed by atoms with Gasteiger partial charge in [0.2, 0.25) is 0 Å². The summed E-state index contributed by atoms with van der Waals surface area (Å²) in [4.78, 5) is 11.2. The van der Waals surface area contributed by atoms with E-state index in [0.29, 0.717) is 17.1 Å². The number of ketones is 1. The molecule has 0 radical (unpaired) electrons. The lowest BCUT2D eigenvalue weighted by atomic mass is 10.1. The van der Waals surface area contributed by atoms with E-state index in [4.69, 9.17) is 4.74 Å².